The number of nitrogens with zero attached hydrogens (tertiary/aromatic N) is 3. The highest BCUT2D eigenvalue weighted by Gasteiger charge is 2.07. The van der Waals surface area contributed by atoms with Crippen LogP contribution in [0.15, 0.2) is 29.2 Å². The van der Waals surface area contributed by atoms with Crippen LogP contribution in [0.5, 0.6) is 0 Å². The molecule has 2 aromatic heterocycles. The van der Waals surface area contributed by atoms with Crippen molar-refractivity contribution in [1.29, 1.82) is 0 Å². The average molecular weight is 233 g/mol. The summed E-state index contributed by atoms with van der Waals surface area (Å²) in [5.41, 5.74) is 0.711. The first-order valence-corrected chi connectivity index (χ1v) is 4.97. The number of aromatic amines is 1. The number of hydrogen-bond donors (Lipinski definition) is 2. The molecule has 0 aliphatic heterocycles. The van der Waals surface area contributed by atoms with E-state index in [1.165, 1.54) is 12.1 Å². The Hall–Kier alpha value is -2.44. The molecule has 0 saturated carbocycles. The lowest BCUT2D eigenvalue weighted by Gasteiger charge is -2.04. The molecular formula is C10H11N5O2. The van der Waals surface area contributed by atoms with Crippen molar-refractivity contribution in [3.63, 3.8) is 0 Å². The van der Waals surface area contributed by atoms with Crippen LogP contribution >= 0.6 is 0 Å². The van der Waals surface area contributed by atoms with Gasteiger partial charge in [-0.2, -0.15) is 10.2 Å². The molecule has 2 aromatic rings. The molecule has 0 saturated heterocycles. The van der Waals surface area contributed by atoms with Crippen molar-refractivity contribution < 1.29 is 4.79 Å². The third-order valence-corrected chi connectivity index (χ3v) is 2.26. The summed E-state index contributed by atoms with van der Waals surface area (Å²) in [6.45, 7) is 0.357. The summed E-state index contributed by atoms with van der Waals surface area (Å²) in [5, 5.41) is 12.5. The molecule has 2 N–H and O–H groups in total. The number of carbonyl (C=O) groups is 1. The SMILES string of the molecule is Cn1nccc1CNC(=O)c1ccc(=O)[nH]n1. The lowest BCUT2D eigenvalue weighted by atomic mass is 10.3. The number of hydrogen-bond acceptors (Lipinski definition) is 4. The van der Waals surface area contributed by atoms with Gasteiger partial charge in [0.25, 0.3) is 11.5 Å². The summed E-state index contributed by atoms with van der Waals surface area (Å²) in [5.74, 6) is -0.345. The Morgan fingerprint density at radius 1 is 1.47 bits per heavy atom. The van der Waals surface area contributed by atoms with Crippen molar-refractivity contribution in [2.24, 2.45) is 7.05 Å². The van der Waals surface area contributed by atoms with Gasteiger partial charge >= 0.3 is 0 Å². The van der Waals surface area contributed by atoms with Crippen LogP contribution in [0.1, 0.15) is 16.2 Å². The summed E-state index contributed by atoms with van der Waals surface area (Å²) >= 11 is 0. The largest absolute Gasteiger partial charge is 0.345 e. The molecule has 0 fully saturated rings. The van der Waals surface area contributed by atoms with Gasteiger partial charge in [-0.3, -0.25) is 14.3 Å². The minimum Gasteiger partial charge on any atom is -0.345 e. The highest BCUT2D eigenvalue weighted by molar-refractivity contribution is 5.91. The van der Waals surface area contributed by atoms with Gasteiger partial charge in [-0.25, -0.2) is 5.10 Å². The first kappa shape index (κ1) is 11.1. The molecule has 2 rings (SSSR count). The molecule has 0 atom stereocenters. The van der Waals surface area contributed by atoms with Crippen molar-refractivity contribution in [1.82, 2.24) is 25.3 Å². The zero-order valence-corrected chi connectivity index (χ0v) is 9.17. The van der Waals surface area contributed by atoms with E-state index in [0.29, 0.717) is 6.54 Å². The fraction of sp³-hybridized carbons (Fsp3) is 0.200. The van der Waals surface area contributed by atoms with Crippen LogP contribution in [0.4, 0.5) is 0 Å². The first-order valence-electron chi connectivity index (χ1n) is 4.97. The molecule has 88 valence electrons. The molecule has 0 aliphatic rings. The highest BCUT2D eigenvalue weighted by Crippen LogP contribution is 1.96. The van der Waals surface area contributed by atoms with Crippen molar-refractivity contribution in [3.05, 3.63) is 46.1 Å². The zero-order chi connectivity index (χ0) is 12.3. The Labute approximate surface area is 96.5 Å². The van der Waals surface area contributed by atoms with E-state index in [1.54, 1.807) is 24.0 Å². The van der Waals surface area contributed by atoms with E-state index in [1.807, 2.05) is 0 Å². The molecular weight excluding hydrogens is 222 g/mol. The number of aromatic nitrogens is 4. The van der Waals surface area contributed by atoms with E-state index >= 15 is 0 Å². The molecule has 0 aliphatic carbocycles. The van der Waals surface area contributed by atoms with Crippen LogP contribution in [-0.4, -0.2) is 25.9 Å². The van der Waals surface area contributed by atoms with Crippen LogP contribution in [0.2, 0.25) is 0 Å². The number of amides is 1. The fourth-order valence-corrected chi connectivity index (χ4v) is 1.31. The Morgan fingerprint density at radius 2 is 2.29 bits per heavy atom. The third-order valence-electron chi connectivity index (χ3n) is 2.26. The van der Waals surface area contributed by atoms with Crippen molar-refractivity contribution in [2.75, 3.05) is 0 Å². The maximum Gasteiger partial charge on any atom is 0.272 e. The predicted molar refractivity (Wildman–Crippen MR) is 59.2 cm³/mol. The summed E-state index contributed by atoms with van der Waals surface area (Å²) < 4.78 is 1.67. The standard InChI is InChI=1S/C10H11N5O2/c1-15-7(4-5-12-15)6-11-10(17)8-2-3-9(16)14-13-8/h2-5H,6H2,1H3,(H,11,17)(H,14,16). The second kappa shape index (κ2) is 4.60. The van der Waals surface area contributed by atoms with Crippen LogP contribution in [-0.2, 0) is 13.6 Å². The van der Waals surface area contributed by atoms with Crippen LogP contribution < -0.4 is 10.9 Å². The van der Waals surface area contributed by atoms with Gasteiger partial charge in [-0.05, 0) is 12.1 Å². The monoisotopic (exact) mass is 233 g/mol. The Balaban J connectivity index is 2.00. The van der Waals surface area contributed by atoms with Crippen molar-refractivity contribution >= 4 is 5.91 Å². The molecule has 0 spiro atoms. The first-order chi connectivity index (χ1) is 8.16. The summed E-state index contributed by atoms with van der Waals surface area (Å²) in [6, 6.07) is 4.43. The van der Waals surface area contributed by atoms with Crippen molar-refractivity contribution in [3.8, 4) is 0 Å². The zero-order valence-electron chi connectivity index (χ0n) is 9.17. The van der Waals surface area contributed by atoms with Gasteiger partial charge in [-0.15, -0.1) is 0 Å². The van der Waals surface area contributed by atoms with E-state index in [2.05, 4.69) is 20.6 Å². The quantitative estimate of drug-likeness (QED) is 0.742. The van der Waals surface area contributed by atoms with Gasteiger partial charge in [0.15, 0.2) is 0 Å². The Morgan fingerprint density at radius 3 is 2.88 bits per heavy atom. The number of nitrogens with one attached hydrogen (secondary N) is 2. The molecule has 7 nitrogen and oxygen atoms in total. The minimum absolute atomic E-state index is 0.173. The molecule has 0 unspecified atom stereocenters. The minimum atomic E-state index is -0.345. The summed E-state index contributed by atoms with van der Waals surface area (Å²) in [4.78, 5) is 22.4. The van der Waals surface area contributed by atoms with Crippen LogP contribution in [0, 0.1) is 0 Å². The second-order valence-corrected chi connectivity index (χ2v) is 3.44. The molecule has 7 heteroatoms. The van der Waals surface area contributed by atoms with Crippen molar-refractivity contribution in [2.45, 2.75) is 6.54 Å². The molecule has 0 bridgehead atoms. The predicted octanol–water partition coefficient (Wildman–Crippen LogP) is -0.567. The number of aryl methyl sites for hydroxylation is 1. The van der Waals surface area contributed by atoms with E-state index in [4.69, 9.17) is 0 Å². The van der Waals surface area contributed by atoms with Gasteiger partial charge in [0, 0.05) is 19.3 Å². The van der Waals surface area contributed by atoms with E-state index < -0.39 is 0 Å². The second-order valence-electron chi connectivity index (χ2n) is 3.44. The number of rotatable bonds is 3. The summed E-state index contributed by atoms with van der Waals surface area (Å²) in [6.07, 6.45) is 1.65. The normalized spacial score (nSPS) is 10.2. The van der Waals surface area contributed by atoms with Crippen LogP contribution in [0.25, 0.3) is 0 Å². The molecule has 1 amide bonds. The van der Waals surface area contributed by atoms with Crippen LogP contribution in [0.3, 0.4) is 0 Å². The van der Waals surface area contributed by atoms with E-state index in [9.17, 15) is 9.59 Å². The topological polar surface area (TPSA) is 92.7 Å². The van der Waals surface area contributed by atoms with E-state index in [-0.39, 0.29) is 17.2 Å². The Kier molecular flexibility index (Phi) is 2.99. The van der Waals surface area contributed by atoms with Gasteiger partial charge < -0.3 is 5.32 Å². The molecule has 0 aromatic carbocycles. The average Bonchev–Trinajstić information content (AvgIpc) is 2.73. The number of carbonyl (C=O) groups excluding carboxylic acids is 1. The highest BCUT2D eigenvalue weighted by atomic mass is 16.2. The van der Waals surface area contributed by atoms with Gasteiger partial charge in [0.1, 0.15) is 5.69 Å². The van der Waals surface area contributed by atoms with Gasteiger partial charge in [0.05, 0.1) is 12.2 Å². The molecule has 0 radical (unpaired) electrons. The van der Waals surface area contributed by atoms with Gasteiger partial charge in [-0.1, -0.05) is 0 Å². The lowest BCUT2D eigenvalue weighted by Crippen LogP contribution is -2.26. The van der Waals surface area contributed by atoms with Gasteiger partial charge in [0.2, 0.25) is 0 Å². The Bertz CT molecular complexity index is 566. The molecule has 17 heavy (non-hydrogen) atoms. The summed E-state index contributed by atoms with van der Waals surface area (Å²) in [7, 11) is 1.79. The fourth-order valence-electron chi connectivity index (χ4n) is 1.31. The van der Waals surface area contributed by atoms with E-state index in [0.717, 1.165) is 5.69 Å². The number of H-pyrrole nitrogens is 1. The smallest absolute Gasteiger partial charge is 0.272 e. The maximum atomic E-state index is 11.6. The maximum absolute atomic E-state index is 11.6. The molecule has 2 heterocycles. The lowest BCUT2D eigenvalue weighted by molar-refractivity contribution is 0.0944. The third kappa shape index (κ3) is 2.57.